The van der Waals surface area contributed by atoms with Crippen LogP contribution in [0.5, 0.6) is 11.5 Å². The molecular weight excluding hydrogens is 332 g/mol. The van der Waals surface area contributed by atoms with E-state index in [2.05, 4.69) is 0 Å². The van der Waals surface area contributed by atoms with Crippen LogP contribution in [0, 0.1) is 0 Å². The van der Waals surface area contributed by atoms with E-state index in [9.17, 15) is 9.59 Å². The molecule has 0 N–H and O–H groups in total. The van der Waals surface area contributed by atoms with E-state index in [1.54, 1.807) is 18.2 Å². The van der Waals surface area contributed by atoms with Gasteiger partial charge >= 0.3 is 5.97 Å². The van der Waals surface area contributed by atoms with Gasteiger partial charge in [0.2, 0.25) is 6.79 Å². The Kier molecular flexibility index (Phi) is 4.44. The molecule has 4 rings (SSSR count). The first-order valence-corrected chi connectivity index (χ1v) is 8.58. The van der Waals surface area contributed by atoms with Crippen molar-refractivity contribution in [2.75, 3.05) is 13.4 Å². The fourth-order valence-electron chi connectivity index (χ4n) is 3.19. The number of aryl methyl sites for hydroxylation is 2. The van der Waals surface area contributed by atoms with Gasteiger partial charge in [0, 0.05) is 11.6 Å². The summed E-state index contributed by atoms with van der Waals surface area (Å²) in [5.41, 5.74) is 3.92. The molecule has 0 aromatic heterocycles. The number of benzene rings is 2. The van der Waals surface area contributed by atoms with Crippen LogP contribution in [0.4, 0.5) is 0 Å². The van der Waals surface area contributed by atoms with E-state index in [1.165, 1.54) is 17.2 Å². The van der Waals surface area contributed by atoms with E-state index < -0.39 is 5.97 Å². The quantitative estimate of drug-likeness (QED) is 0.470. The van der Waals surface area contributed by atoms with Crippen LogP contribution in [-0.2, 0) is 22.4 Å². The number of ketones is 1. The van der Waals surface area contributed by atoms with E-state index >= 15 is 0 Å². The molecule has 0 unspecified atom stereocenters. The van der Waals surface area contributed by atoms with E-state index in [1.807, 2.05) is 24.3 Å². The van der Waals surface area contributed by atoms with E-state index in [4.69, 9.17) is 14.2 Å². The summed E-state index contributed by atoms with van der Waals surface area (Å²) in [4.78, 5) is 24.1. The fraction of sp³-hybridized carbons (Fsp3) is 0.238. The van der Waals surface area contributed by atoms with Crippen LogP contribution in [0.15, 0.2) is 42.5 Å². The predicted molar refractivity (Wildman–Crippen MR) is 95.4 cm³/mol. The number of hydrogen-bond donors (Lipinski definition) is 0. The second-order valence-electron chi connectivity index (χ2n) is 6.31. The molecule has 0 amide bonds. The Balaban J connectivity index is 1.33. The highest BCUT2D eigenvalue weighted by atomic mass is 16.7. The summed E-state index contributed by atoms with van der Waals surface area (Å²) in [5, 5.41) is 0. The monoisotopic (exact) mass is 350 g/mol. The van der Waals surface area contributed by atoms with Crippen molar-refractivity contribution in [2.45, 2.75) is 19.3 Å². The standard InChI is InChI=1S/C21H18O5/c22-18(17-7-6-15-2-1-3-16(15)11-17)12-24-21(23)9-5-14-4-8-19-20(10-14)26-13-25-19/h4-11H,1-3,12-13H2/b9-5+. The normalized spacial score (nSPS) is 14.5. The molecule has 0 saturated heterocycles. The van der Waals surface area contributed by atoms with Crippen LogP contribution in [0.25, 0.3) is 6.08 Å². The average molecular weight is 350 g/mol. The van der Waals surface area contributed by atoms with Crippen molar-refractivity contribution in [1.82, 2.24) is 0 Å². The highest BCUT2D eigenvalue weighted by Crippen LogP contribution is 2.32. The molecule has 1 aliphatic heterocycles. The number of hydrogen-bond acceptors (Lipinski definition) is 5. The topological polar surface area (TPSA) is 61.8 Å². The maximum atomic E-state index is 12.2. The van der Waals surface area contributed by atoms with Gasteiger partial charge in [-0.3, -0.25) is 4.79 Å². The maximum Gasteiger partial charge on any atom is 0.331 e. The molecule has 0 bridgehead atoms. The lowest BCUT2D eigenvalue weighted by Gasteiger charge is -2.05. The SMILES string of the molecule is O=C(/C=C/c1ccc2c(c1)OCO2)OCC(=O)c1ccc2c(c1)CCC2. The highest BCUT2D eigenvalue weighted by molar-refractivity contribution is 5.99. The Morgan fingerprint density at radius 2 is 1.85 bits per heavy atom. The minimum atomic E-state index is -0.558. The molecule has 0 spiro atoms. The van der Waals surface area contributed by atoms with Crippen LogP contribution >= 0.6 is 0 Å². The van der Waals surface area contributed by atoms with Crippen molar-refractivity contribution in [3.05, 3.63) is 64.7 Å². The molecule has 2 aliphatic rings. The van der Waals surface area contributed by atoms with Crippen molar-refractivity contribution in [3.63, 3.8) is 0 Å². The van der Waals surface area contributed by atoms with Crippen LogP contribution < -0.4 is 9.47 Å². The van der Waals surface area contributed by atoms with Crippen molar-refractivity contribution in [2.24, 2.45) is 0 Å². The molecular formula is C21H18O5. The molecule has 1 heterocycles. The molecule has 0 saturated carbocycles. The van der Waals surface area contributed by atoms with Crippen LogP contribution in [0.2, 0.25) is 0 Å². The minimum absolute atomic E-state index is 0.190. The lowest BCUT2D eigenvalue weighted by atomic mass is 10.0. The highest BCUT2D eigenvalue weighted by Gasteiger charge is 2.15. The third-order valence-electron chi connectivity index (χ3n) is 4.57. The van der Waals surface area contributed by atoms with Gasteiger partial charge in [-0.1, -0.05) is 18.2 Å². The molecule has 1 aliphatic carbocycles. The Morgan fingerprint density at radius 3 is 2.77 bits per heavy atom. The summed E-state index contributed by atoms with van der Waals surface area (Å²) in [6.45, 7) is -0.0571. The number of carbonyl (C=O) groups is 2. The van der Waals surface area contributed by atoms with Gasteiger partial charge in [-0.15, -0.1) is 0 Å². The molecule has 0 radical (unpaired) electrons. The van der Waals surface area contributed by atoms with Crippen LogP contribution in [-0.4, -0.2) is 25.2 Å². The van der Waals surface area contributed by atoms with Gasteiger partial charge in [-0.25, -0.2) is 4.79 Å². The first kappa shape index (κ1) is 16.4. The molecule has 132 valence electrons. The third kappa shape index (κ3) is 3.47. The molecule has 0 fully saturated rings. The fourth-order valence-corrected chi connectivity index (χ4v) is 3.19. The van der Waals surface area contributed by atoms with Gasteiger partial charge in [-0.05, 0) is 60.2 Å². The Labute approximate surface area is 151 Å². The smallest absolute Gasteiger partial charge is 0.331 e. The second kappa shape index (κ2) is 7.04. The Morgan fingerprint density at radius 1 is 1.00 bits per heavy atom. The Bertz CT molecular complexity index is 897. The van der Waals surface area contributed by atoms with Gasteiger partial charge in [0.25, 0.3) is 0 Å². The van der Waals surface area contributed by atoms with E-state index in [0.29, 0.717) is 17.1 Å². The summed E-state index contributed by atoms with van der Waals surface area (Å²) in [6, 6.07) is 11.1. The van der Waals surface area contributed by atoms with Gasteiger partial charge in [0.15, 0.2) is 23.9 Å². The van der Waals surface area contributed by atoms with Gasteiger partial charge in [0.05, 0.1) is 0 Å². The molecule has 2 aromatic rings. The zero-order valence-electron chi connectivity index (χ0n) is 14.2. The van der Waals surface area contributed by atoms with Crippen LogP contribution in [0.3, 0.4) is 0 Å². The average Bonchev–Trinajstić information content (AvgIpc) is 3.32. The summed E-state index contributed by atoms with van der Waals surface area (Å²) in [5.74, 6) is 0.582. The Hall–Kier alpha value is -3.08. The van der Waals surface area contributed by atoms with Crippen LogP contribution in [0.1, 0.15) is 33.5 Å². The zero-order chi connectivity index (χ0) is 17.9. The number of esters is 1. The van der Waals surface area contributed by atoms with Crippen molar-refractivity contribution in [3.8, 4) is 11.5 Å². The minimum Gasteiger partial charge on any atom is -0.454 e. The first-order chi connectivity index (χ1) is 12.7. The van der Waals surface area contributed by atoms with Crippen molar-refractivity contribution >= 4 is 17.8 Å². The first-order valence-electron chi connectivity index (χ1n) is 8.58. The molecule has 26 heavy (non-hydrogen) atoms. The largest absolute Gasteiger partial charge is 0.454 e. The van der Waals surface area contributed by atoms with Gasteiger partial charge in [-0.2, -0.15) is 0 Å². The third-order valence-corrected chi connectivity index (χ3v) is 4.57. The summed E-state index contributed by atoms with van der Waals surface area (Å²) in [6.07, 6.45) is 6.13. The van der Waals surface area contributed by atoms with E-state index in [-0.39, 0.29) is 19.2 Å². The number of Topliss-reactive ketones (excluding diaryl/α,β-unsaturated/α-hetero) is 1. The molecule has 5 heteroatoms. The summed E-state index contributed by atoms with van der Waals surface area (Å²) < 4.78 is 15.6. The molecule has 5 nitrogen and oxygen atoms in total. The number of fused-ring (bicyclic) bond motifs is 2. The summed E-state index contributed by atoms with van der Waals surface area (Å²) in [7, 11) is 0. The van der Waals surface area contributed by atoms with Crippen molar-refractivity contribution < 1.29 is 23.8 Å². The number of ether oxygens (including phenoxy) is 3. The maximum absolute atomic E-state index is 12.2. The molecule has 2 aromatic carbocycles. The van der Waals surface area contributed by atoms with E-state index in [0.717, 1.165) is 24.8 Å². The number of rotatable bonds is 5. The lowest BCUT2D eigenvalue weighted by Crippen LogP contribution is -2.12. The predicted octanol–water partition coefficient (Wildman–Crippen LogP) is 3.34. The van der Waals surface area contributed by atoms with Gasteiger partial charge < -0.3 is 14.2 Å². The lowest BCUT2D eigenvalue weighted by molar-refractivity contribution is -0.136. The second-order valence-corrected chi connectivity index (χ2v) is 6.31. The van der Waals surface area contributed by atoms with Crippen molar-refractivity contribution in [1.29, 1.82) is 0 Å². The number of carbonyl (C=O) groups excluding carboxylic acids is 2. The summed E-state index contributed by atoms with van der Waals surface area (Å²) >= 11 is 0. The molecule has 0 atom stereocenters. The zero-order valence-corrected chi connectivity index (χ0v) is 14.2. The van der Waals surface area contributed by atoms with Gasteiger partial charge in [0.1, 0.15) is 0 Å².